The molecule has 3 heteroatoms. The van der Waals surface area contributed by atoms with Gasteiger partial charge in [-0.2, -0.15) is 0 Å². The topological polar surface area (TPSA) is 49.7 Å². The molecule has 0 saturated carbocycles. The molecule has 0 radical (unpaired) electrons. The van der Waals surface area contributed by atoms with Crippen molar-refractivity contribution in [2.75, 3.05) is 7.11 Å². The van der Waals surface area contributed by atoms with E-state index in [1.807, 2.05) is 36.4 Å². The molecule has 3 nitrogen and oxygen atoms in total. The highest BCUT2D eigenvalue weighted by atomic mass is 16.5. The number of hydrogen-bond acceptors (Lipinski definition) is 3. The monoisotopic (exact) mass is 550 g/mol. The molecule has 216 valence electrons. The number of ether oxygens (including phenoxy) is 1. The van der Waals surface area contributed by atoms with Crippen molar-refractivity contribution in [1.29, 1.82) is 0 Å². The molecular weight excluding hydrogens is 504 g/mol. The average Bonchev–Trinajstić information content (AvgIpc) is 2.94. The van der Waals surface area contributed by atoms with Crippen LogP contribution < -0.4 is 4.74 Å². The van der Waals surface area contributed by atoms with Gasteiger partial charge in [0, 0.05) is 22.3 Å². The molecule has 2 N–H and O–H groups in total. The second kappa shape index (κ2) is 11.3. The first-order valence-corrected chi connectivity index (χ1v) is 14.6. The summed E-state index contributed by atoms with van der Waals surface area (Å²) in [6.45, 7) is 17.7. The summed E-state index contributed by atoms with van der Waals surface area (Å²) >= 11 is 0. The van der Waals surface area contributed by atoms with E-state index in [-0.39, 0.29) is 22.2 Å². The summed E-state index contributed by atoms with van der Waals surface area (Å²) in [5.74, 6) is 1.50. The zero-order chi connectivity index (χ0) is 30.2. The van der Waals surface area contributed by atoms with Gasteiger partial charge >= 0.3 is 0 Å². The predicted octanol–water partition coefficient (Wildman–Crippen LogP) is 9.50. The zero-order valence-corrected chi connectivity index (χ0v) is 26.2. The van der Waals surface area contributed by atoms with E-state index in [0.29, 0.717) is 11.5 Å². The summed E-state index contributed by atoms with van der Waals surface area (Å²) in [4.78, 5) is 0. The first kappa shape index (κ1) is 30.2. The van der Waals surface area contributed by atoms with Crippen LogP contribution in [0, 0.1) is 5.41 Å². The van der Waals surface area contributed by atoms with Crippen LogP contribution in [0.15, 0.2) is 84.9 Å². The molecule has 0 aliphatic rings. The Morgan fingerprint density at radius 2 is 1.07 bits per heavy atom. The highest BCUT2D eigenvalue weighted by Crippen LogP contribution is 2.46. The van der Waals surface area contributed by atoms with Crippen LogP contribution in [0.3, 0.4) is 0 Å². The molecule has 0 amide bonds. The fraction of sp³-hybridized carbons (Fsp3) is 0.368. The summed E-state index contributed by atoms with van der Waals surface area (Å²) in [6, 6.07) is 29.2. The Bertz CT molecular complexity index is 1490. The summed E-state index contributed by atoms with van der Waals surface area (Å²) in [6.07, 6.45) is 0.798. The number of methoxy groups -OCH3 is 1. The van der Waals surface area contributed by atoms with Crippen molar-refractivity contribution in [3.05, 3.63) is 124 Å². The zero-order valence-electron chi connectivity index (χ0n) is 26.2. The fourth-order valence-corrected chi connectivity index (χ4v) is 6.01. The Labute approximate surface area is 246 Å². The van der Waals surface area contributed by atoms with Gasteiger partial charge in [0.1, 0.15) is 17.2 Å². The summed E-state index contributed by atoms with van der Waals surface area (Å²) in [7, 11) is 1.68. The molecule has 4 rings (SSSR count). The number of phenols is 2. The molecule has 41 heavy (non-hydrogen) atoms. The Kier molecular flexibility index (Phi) is 8.32. The maximum absolute atomic E-state index is 11.1. The molecule has 0 spiro atoms. The van der Waals surface area contributed by atoms with Gasteiger partial charge in [0.25, 0.3) is 0 Å². The number of rotatable bonds is 8. The van der Waals surface area contributed by atoms with Crippen LogP contribution in [0.4, 0.5) is 0 Å². The van der Waals surface area contributed by atoms with E-state index in [1.165, 1.54) is 16.7 Å². The minimum atomic E-state index is -0.276. The molecule has 0 saturated heterocycles. The van der Waals surface area contributed by atoms with Gasteiger partial charge in [-0.25, -0.2) is 0 Å². The smallest absolute Gasteiger partial charge is 0.119 e. The molecule has 0 aliphatic carbocycles. The maximum atomic E-state index is 11.1. The summed E-state index contributed by atoms with van der Waals surface area (Å²) < 4.78 is 5.39. The van der Waals surface area contributed by atoms with E-state index in [1.54, 1.807) is 7.11 Å². The van der Waals surface area contributed by atoms with Crippen molar-refractivity contribution >= 4 is 0 Å². The molecule has 0 heterocycles. The van der Waals surface area contributed by atoms with Crippen LogP contribution in [0.2, 0.25) is 0 Å². The maximum Gasteiger partial charge on any atom is 0.119 e. The number of aryl methyl sites for hydroxylation is 1. The van der Waals surface area contributed by atoms with Crippen molar-refractivity contribution in [3.63, 3.8) is 0 Å². The molecular formula is C38H46O3. The third-order valence-electron chi connectivity index (χ3n) is 8.89. The third kappa shape index (κ3) is 6.00. The van der Waals surface area contributed by atoms with Crippen molar-refractivity contribution in [2.24, 2.45) is 5.41 Å². The van der Waals surface area contributed by atoms with Crippen LogP contribution in [0.25, 0.3) is 0 Å². The SMILES string of the molecule is CCc1cc(C(C)(C)c2ccc(C(C)(C)c3ccc(O)c(C(c4ccc(OC)cc4)C(C)(C)C)c3)cc2)ccc1O. The molecule has 0 bridgehead atoms. The largest absolute Gasteiger partial charge is 0.508 e. The van der Waals surface area contributed by atoms with Gasteiger partial charge in [-0.15, -0.1) is 0 Å². The van der Waals surface area contributed by atoms with Gasteiger partial charge < -0.3 is 14.9 Å². The number of hydrogen-bond donors (Lipinski definition) is 2. The van der Waals surface area contributed by atoms with Gasteiger partial charge in [-0.1, -0.05) is 116 Å². The molecule has 1 unspecified atom stereocenters. The van der Waals surface area contributed by atoms with E-state index in [2.05, 4.69) is 104 Å². The van der Waals surface area contributed by atoms with Crippen LogP contribution >= 0.6 is 0 Å². The Morgan fingerprint density at radius 1 is 0.610 bits per heavy atom. The Balaban J connectivity index is 1.71. The second-order valence-electron chi connectivity index (χ2n) is 13.4. The molecule has 4 aromatic rings. The van der Waals surface area contributed by atoms with Crippen LogP contribution in [0.1, 0.15) is 100 Å². The van der Waals surface area contributed by atoms with Crippen molar-refractivity contribution in [1.82, 2.24) is 0 Å². The normalized spacial score (nSPS) is 13.2. The number of aromatic hydroxyl groups is 2. The summed E-state index contributed by atoms with van der Waals surface area (Å²) in [5, 5.41) is 21.3. The van der Waals surface area contributed by atoms with Gasteiger partial charge in [0.15, 0.2) is 0 Å². The molecule has 0 aliphatic heterocycles. The lowest BCUT2D eigenvalue weighted by atomic mass is 9.70. The van der Waals surface area contributed by atoms with Crippen molar-refractivity contribution < 1.29 is 14.9 Å². The highest BCUT2D eigenvalue weighted by Gasteiger charge is 2.33. The minimum absolute atomic E-state index is 0.00523. The van der Waals surface area contributed by atoms with Crippen LogP contribution in [0.5, 0.6) is 17.2 Å². The Morgan fingerprint density at radius 3 is 1.54 bits per heavy atom. The predicted molar refractivity (Wildman–Crippen MR) is 171 cm³/mol. The van der Waals surface area contributed by atoms with E-state index in [9.17, 15) is 10.2 Å². The quantitative estimate of drug-likeness (QED) is 0.230. The van der Waals surface area contributed by atoms with Gasteiger partial charge in [-0.05, 0) is 69.5 Å². The standard InChI is InChI=1S/C38H46O3/c1-10-25-23-29(17-21-33(25)39)37(5,6)27-13-15-28(16-14-27)38(7,8)30-18-22-34(40)32(24-30)35(36(2,3)4)26-11-19-31(41-9)20-12-26/h11-24,35,39-40H,10H2,1-9H3. The lowest BCUT2D eigenvalue weighted by Gasteiger charge is -2.34. The van der Waals surface area contributed by atoms with E-state index < -0.39 is 0 Å². The Hall–Kier alpha value is -3.72. The number of benzene rings is 4. The van der Waals surface area contributed by atoms with E-state index in [0.717, 1.165) is 34.4 Å². The van der Waals surface area contributed by atoms with Gasteiger partial charge in [0.2, 0.25) is 0 Å². The van der Waals surface area contributed by atoms with E-state index in [4.69, 9.17) is 4.74 Å². The fourth-order valence-electron chi connectivity index (χ4n) is 6.01. The molecule has 1 atom stereocenters. The first-order valence-electron chi connectivity index (χ1n) is 14.6. The van der Waals surface area contributed by atoms with Gasteiger partial charge in [0.05, 0.1) is 7.11 Å². The molecule has 4 aromatic carbocycles. The van der Waals surface area contributed by atoms with Crippen LogP contribution in [-0.2, 0) is 17.3 Å². The van der Waals surface area contributed by atoms with Crippen molar-refractivity contribution in [2.45, 2.75) is 78.6 Å². The summed E-state index contributed by atoms with van der Waals surface area (Å²) in [5.41, 5.74) is 7.24. The van der Waals surface area contributed by atoms with Crippen LogP contribution in [-0.4, -0.2) is 17.3 Å². The van der Waals surface area contributed by atoms with Crippen molar-refractivity contribution in [3.8, 4) is 17.2 Å². The molecule has 0 fully saturated rings. The lowest BCUT2D eigenvalue weighted by molar-refractivity contribution is 0.346. The average molecular weight is 551 g/mol. The highest BCUT2D eigenvalue weighted by molar-refractivity contribution is 5.51. The van der Waals surface area contributed by atoms with Gasteiger partial charge in [-0.3, -0.25) is 0 Å². The first-order chi connectivity index (χ1) is 19.2. The number of phenolic OH excluding ortho intramolecular Hbond substituents is 2. The minimum Gasteiger partial charge on any atom is -0.508 e. The lowest BCUT2D eigenvalue weighted by Crippen LogP contribution is -2.23. The van der Waals surface area contributed by atoms with E-state index >= 15 is 0 Å². The molecule has 0 aromatic heterocycles. The second-order valence-corrected chi connectivity index (χ2v) is 13.4. The third-order valence-corrected chi connectivity index (χ3v) is 8.89.